The molecule has 3 rings (SSSR count). The summed E-state index contributed by atoms with van der Waals surface area (Å²) in [4.78, 5) is 16.2. The number of carbonyl (C=O) groups excluding carboxylic acids is 1. The average molecular weight is 268 g/mol. The van der Waals surface area contributed by atoms with Crippen LogP contribution >= 0.6 is 0 Å². The van der Waals surface area contributed by atoms with Crippen LogP contribution in [-0.2, 0) is 6.54 Å². The van der Waals surface area contributed by atoms with Gasteiger partial charge < -0.3 is 9.73 Å². The minimum Gasteiger partial charge on any atom is -0.472 e. The van der Waals surface area contributed by atoms with Gasteiger partial charge in [0.15, 0.2) is 5.82 Å². The first-order chi connectivity index (χ1) is 9.84. The van der Waals surface area contributed by atoms with Gasteiger partial charge in [-0.15, -0.1) is 0 Å². The molecule has 0 saturated carbocycles. The number of aromatic nitrogens is 3. The molecule has 0 aliphatic rings. The van der Waals surface area contributed by atoms with Crippen LogP contribution in [0.5, 0.6) is 0 Å². The molecule has 0 aliphatic carbocycles. The number of nitrogens with zero attached hydrogens (tertiary/aromatic N) is 3. The predicted octanol–water partition coefficient (Wildman–Crippen LogP) is 1.79. The van der Waals surface area contributed by atoms with E-state index >= 15 is 0 Å². The maximum Gasteiger partial charge on any atom is 0.254 e. The Kier molecular flexibility index (Phi) is 3.28. The first kappa shape index (κ1) is 12.2. The first-order valence-corrected chi connectivity index (χ1v) is 6.09. The fraction of sp³-hybridized carbons (Fsp3) is 0.0714. The second-order valence-corrected chi connectivity index (χ2v) is 4.13. The van der Waals surface area contributed by atoms with E-state index in [1.54, 1.807) is 23.1 Å². The molecule has 0 radical (unpaired) electrons. The van der Waals surface area contributed by atoms with Crippen molar-refractivity contribution in [2.45, 2.75) is 6.54 Å². The lowest BCUT2D eigenvalue weighted by atomic mass is 10.2. The van der Waals surface area contributed by atoms with Crippen LogP contribution in [0.25, 0.3) is 5.82 Å². The van der Waals surface area contributed by atoms with Crippen LogP contribution in [-0.4, -0.2) is 20.7 Å². The van der Waals surface area contributed by atoms with Gasteiger partial charge in [0.25, 0.3) is 5.91 Å². The van der Waals surface area contributed by atoms with Gasteiger partial charge in [0.05, 0.1) is 11.8 Å². The molecular weight excluding hydrogens is 256 g/mol. The quantitative estimate of drug-likeness (QED) is 0.783. The number of hydrogen-bond acceptors (Lipinski definition) is 4. The van der Waals surface area contributed by atoms with Crippen molar-refractivity contribution >= 4 is 5.91 Å². The van der Waals surface area contributed by atoms with Crippen molar-refractivity contribution in [2.75, 3.05) is 0 Å². The molecule has 0 aliphatic heterocycles. The predicted molar refractivity (Wildman–Crippen MR) is 71.2 cm³/mol. The summed E-state index contributed by atoms with van der Waals surface area (Å²) in [5, 5.41) is 6.97. The summed E-state index contributed by atoms with van der Waals surface area (Å²) < 4.78 is 6.55. The minimum absolute atomic E-state index is 0.186. The highest BCUT2D eigenvalue weighted by Crippen LogP contribution is 2.10. The van der Waals surface area contributed by atoms with Gasteiger partial charge in [-0.05, 0) is 18.2 Å². The highest BCUT2D eigenvalue weighted by molar-refractivity contribution is 5.93. The molecule has 1 amide bonds. The SMILES string of the molecule is O=C(NCc1cccnc1-n1cccn1)c1ccoc1. The van der Waals surface area contributed by atoms with Crippen LogP contribution in [0.3, 0.4) is 0 Å². The van der Waals surface area contributed by atoms with Crippen LogP contribution in [0.2, 0.25) is 0 Å². The number of carbonyl (C=O) groups is 1. The van der Waals surface area contributed by atoms with Crippen LogP contribution in [0.1, 0.15) is 15.9 Å². The summed E-state index contributed by atoms with van der Waals surface area (Å²) in [6.45, 7) is 0.368. The van der Waals surface area contributed by atoms with Gasteiger partial charge >= 0.3 is 0 Å². The molecule has 0 unspecified atom stereocenters. The highest BCUT2D eigenvalue weighted by Gasteiger charge is 2.09. The molecule has 1 N–H and O–H groups in total. The molecule has 0 atom stereocenters. The number of furan rings is 1. The fourth-order valence-electron chi connectivity index (χ4n) is 1.84. The van der Waals surface area contributed by atoms with E-state index in [9.17, 15) is 4.79 Å². The van der Waals surface area contributed by atoms with E-state index in [2.05, 4.69) is 15.4 Å². The fourth-order valence-corrected chi connectivity index (χ4v) is 1.84. The first-order valence-electron chi connectivity index (χ1n) is 6.09. The summed E-state index contributed by atoms with van der Waals surface area (Å²) in [5.74, 6) is 0.513. The zero-order valence-electron chi connectivity index (χ0n) is 10.6. The summed E-state index contributed by atoms with van der Waals surface area (Å²) in [7, 11) is 0. The Bertz CT molecular complexity index is 690. The molecule has 6 heteroatoms. The molecule has 0 aromatic carbocycles. The van der Waals surface area contributed by atoms with E-state index < -0.39 is 0 Å². The van der Waals surface area contributed by atoms with Gasteiger partial charge in [-0.25, -0.2) is 9.67 Å². The number of hydrogen-bond donors (Lipinski definition) is 1. The van der Waals surface area contributed by atoms with E-state index in [1.165, 1.54) is 12.5 Å². The molecule has 3 aromatic rings. The molecule has 0 fully saturated rings. The van der Waals surface area contributed by atoms with Crippen LogP contribution in [0, 0.1) is 0 Å². The van der Waals surface area contributed by atoms with Gasteiger partial charge in [-0.2, -0.15) is 5.10 Å². The summed E-state index contributed by atoms with van der Waals surface area (Å²) in [5.41, 5.74) is 1.38. The maximum atomic E-state index is 11.9. The van der Waals surface area contributed by atoms with Gasteiger partial charge in [0.2, 0.25) is 0 Å². The molecule has 0 spiro atoms. The van der Waals surface area contributed by atoms with Crippen molar-refractivity contribution in [3.05, 3.63) is 66.5 Å². The highest BCUT2D eigenvalue weighted by atomic mass is 16.3. The third-order valence-corrected chi connectivity index (χ3v) is 2.81. The Labute approximate surface area is 115 Å². The number of nitrogens with one attached hydrogen (secondary N) is 1. The van der Waals surface area contributed by atoms with Crippen molar-refractivity contribution in [3.63, 3.8) is 0 Å². The molecule has 6 nitrogen and oxygen atoms in total. The van der Waals surface area contributed by atoms with E-state index in [-0.39, 0.29) is 5.91 Å². The van der Waals surface area contributed by atoms with Gasteiger partial charge in [-0.3, -0.25) is 4.79 Å². The van der Waals surface area contributed by atoms with E-state index in [0.29, 0.717) is 17.9 Å². The van der Waals surface area contributed by atoms with Crippen molar-refractivity contribution in [1.82, 2.24) is 20.1 Å². The average Bonchev–Trinajstić information content (AvgIpc) is 3.17. The van der Waals surface area contributed by atoms with Crippen molar-refractivity contribution in [2.24, 2.45) is 0 Å². The van der Waals surface area contributed by atoms with Crippen LogP contribution in [0.4, 0.5) is 0 Å². The minimum atomic E-state index is -0.186. The second kappa shape index (κ2) is 5.40. The summed E-state index contributed by atoms with van der Waals surface area (Å²) in [6, 6.07) is 7.17. The third-order valence-electron chi connectivity index (χ3n) is 2.81. The standard InChI is InChI=1S/C14H12N4O2/c19-14(12-4-8-20-10-12)16-9-11-3-1-5-15-13(11)18-7-2-6-17-18/h1-8,10H,9H2,(H,16,19). The van der Waals surface area contributed by atoms with E-state index in [1.807, 2.05) is 24.4 Å². The van der Waals surface area contributed by atoms with Crippen molar-refractivity contribution < 1.29 is 9.21 Å². The van der Waals surface area contributed by atoms with E-state index in [4.69, 9.17) is 4.42 Å². The normalized spacial score (nSPS) is 10.4. The molecule has 0 bridgehead atoms. The summed E-state index contributed by atoms with van der Waals surface area (Å²) in [6.07, 6.45) is 8.06. The van der Waals surface area contributed by atoms with Crippen molar-refractivity contribution in [3.8, 4) is 5.82 Å². The Morgan fingerprint density at radius 1 is 1.30 bits per heavy atom. The van der Waals surface area contributed by atoms with Crippen LogP contribution < -0.4 is 5.32 Å². The second-order valence-electron chi connectivity index (χ2n) is 4.13. The van der Waals surface area contributed by atoms with Gasteiger partial charge in [0, 0.05) is 30.7 Å². The molecule has 3 heterocycles. The van der Waals surface area contributed by atoms with Gasteiger partial charge in [-0.1, -0.05) is 6.07 Å². The molecule has 0 saturated heterocycles. The van der Waals surface area contributed by atoms with Crippen LogP contribution in [0.15, 0.2) is 59.8 Å². The topological polar surface area (TPSA) is 73.0 Å². The smallest absolute Gasteiger partial charge is 0.254 e. The Morgan fingerprint density at radius 3 is 3.00 bits per heavy atom. The Hall–Kier alpha value is -2.89. The molecular formula is C14H12N4O2. The lowest BCUT2D eigenvalue weighted by Crippen LogP contribution is -2.23. The van der Waals surface area contributed by atoms with Crippen molar-refractivity contribution in [1.29, 1.82) is 0 Å². The monoisotopic (exact) mass is 268 g/mol. The van der Waals surface area contributed by atoms with Gasteiger partial charge in [0.1, 0.15) is 6.26 Å². The lowest BCUT2D eigenvalue weighted by molar-refractivity contribution is 0.0950. The largest absolute Gasteiger partial charge is 0.472 e. The third kappa shape index (κ3) is 2.44. The lowest BCUT2D eigenvalue weighted by Gasteiger charge is -2.09. The summed E-state index contributed by atoms with van der Waals surface area (Å²) >= 11 is 0. The Morgan fingerprint density at radius 2 is 2.25 bits per heavy atom. The van der Waals surface area contributed by atoms with E-state index in [0.717, 1.165) is 5.56 Å². The molecule has 3 aromatic heterocycles. The number of pyridine rings is 1. The molecule has 100 valence electrons. The number of amides is 1. The maximum absolute atomic E-state index is 11.9. The zero-order chi connectivity index (χ0) is 13.8. The number of rotatable bonds is 4. The Balaban J connectivity index is 1.77. The molecule has 20 heavy (non-hydrogen) atoms. The zero-order valence-corrected chi connectivity index (χ0v) is 10.6.